The van der Waals surface area contributed by atoms with E-state index in [0.29, 0.717) is 19.6 Å². The molecule has 0 saturated carbocycles. The van der Waals surface area contributed by atoms with Crippen molar-refractivity contribution >= 4 is 28.5 Å². The number of amides is 1. The number of carbonyl (C=O) groups excluding carboxylic acids is 1. The Bertz CT molecular complexity index is 648. The molecule has 0 aliphatic heterocycles. The number of methoxy groups -OCH3 is 1. The van der Waals surface area contributed by atoms with Crippen LogP contribution in [0.15, 0.2) is 16.7 Å². The molecule has 4 nitrogen and oxygen atoms in total. The maximum atomic E-state index is 12.0. The third kappa shape index (κ3) is 3.57. The zero-order chi connectivity index (χ0) is 15.4. The van der Waals surface area contributed by atoms with Crippen LogP contribution in [0.4, 0.5) is 0 Å². The smallest absolute Gasteiger partial charge is 0.224 e. The molecule has 0 unspecified atom stereocenters. The third-order valence-corrected chi connectivity index (χ3v) is 4.07. The van der Waals surface area contributed by atoms with Gasteiger partial charge in [0, 0.05) is 36.2 Å². The number of ether oxygens (including phenoxy) is 1. The van der Waals surface area contributed by atoms with Crippen molar-refractivity contribution in [3.63, 3.8) is 0 Å². The highest BCUT2D eigenvalue weighted by Crippen LogP contribution is 2.32. The first-order chi connectivity index (χ1) is 10.0. The molecule has 2 aromatic rings. The lowest BCUT2D eigenvalue weighted by atomic mass is 10.0. The normalized spacial score (nSPS) is 11.0. The van der Waals surface area contributed by atoms with E-state index in [9.17, 15) is 4.79 Å². The largest absolute Gasteiger partial charge is 0.464 e. The van der Waals surface area contributed by atoms with Crippen molar-refractivity contribution < 1.29 is 13.9 Å². The van der Waals surface area contributed by atoms with Crippen LogP contribution in [0.2, 0.25) is 5.02 Å². The van der Waals surface area contributed by atoms with Crippen LogP contribution in [0.25, 0.3) is 11.0 Å². The molecule has 1 aromatic heterocycles. The van der Waals surface area contributed by atoms with E-state index in [0.717, 1.165) is 39.1 Å². The maximum Gasteiger partial charge on any atom is 0.224 e. The first-order valence-corrected chi connectivity index (χ1v) is 7.33. The molecule has 1 N–H and O–H groups in total. The Hall–Kier alpha value is -1.52. The van der Waals surface area contributed by atoms with E-state index < -0.39 is 0 Å². The van der Waals surface area contributed by atoms with E-state index in [-0.39, 0.29) is 5.91 Å². The van der Waals surface area contributed by atoms with Crippen molar-refractivity contribution in [3.05, 3.63) is 34.0 Å². The summed E-state index contributed by atoms with van der Waals surface area (Å²) in [7, 11) is 1.65. The summed E-state index contributed by atoms with van der Waals surface area (Å²) in [6, 6.07) is 1.91. The maximum absolute atomic E-state index is 12.0. The van der Waals surface area contributed by atoms with E-state index in [1.165, 1.54) is 0 Å². The summed E-state index contributed by atoms with van der Waals surface area (Å²) >= 11 is 6.28. The molecule has 0 fully saturated rings. The summed E-state index contributed by atoms with van der Waals surface area (Å²) in [5.41, 5.74) is 3.58. The van der Waals surface area contributed by atoms with Gasteiger partial charge in [-0.25, -0.2) is 0 Å². The number of hydrogen-bond donors (Lipinski definition) is 1. The van der Waals surface area contributed by atoms with Gasteiger partial charge in [0.1, 0.15) is 5.58 Å². The van der Waals surface area contributed by atoms with Crippen LogP contribution in [0.3, 0.4) is 0 Å². The summed E-state index contributed by atoms with van der Waals surface area (Å²) < 4.78 is 10.5. The standard InChI is InChI=1S/C16H20ClNO3/c1-10-7-13-15(11(2)16(10)17)12(9-21-13)8-14(19)18-5-4-6-20-3/h7,9H,4-6,8H2,1-3H3,(H,18,19). The zero-order valence-electron chi connectivity index (χ0n) is 12.6. The van der Waals surface area contributed by atoms with E-state index in [2.05, 4.69) is 5.32 Å². The molecule has 2 rings (SSSR count). The molecule has 21 heavy (non-hydrogen) atoms. The molecule has 5 heteroatoms. The predicted molar refractivity (Wildman–Crippen MR) is 83.9 cm³/mol. The molecule has 0 aliphatic rings. The van der Waals surface area contributed by atoms with Gasteiger partial charge in [0.15, 0.2) is 0 Å². The second-order valence-electron chi connectivity index (χ2n) is 5.14. The highest BCUT2D eigenvalue weighted by atomic mass is 35.5. The molecule has 0 bridgehead atoms. The Morgan fingerprint density at radius 3 is 2.90 bits per heavy atom. The van der Waals surface area contributed by atoms with Gasteiger partial charge in [-0.3, -0.25) is 4.79 Å². The number of benzene rings is 1. The van der Waals surface area contributed by atoms with Crippen LogP contribution < -0.4 is 5.32 Å². The fourth-order valence-corrected chi connectivity index (χ4v) is 2.57. The topological polar surface area (TPSA) is 51.5 Å². The van der Waals surface area contributed by atoms with Gasteiger partial charge in [-0.05, 0) is 37.5 Å². The van der Waals surface area contributed by atoms with Crippen molar-refractivity contribution in [2.45, 2.75) is 26.7 Å². The summed E-state index contributed by atoms with van der Waals surface area (Å²) in [5, 5.41) is 4.54. The lowest BCUT2D eigenvalue weighted by Gasteiger charge is -2.07. The Balaban J connectivity index is 2.12. The predicted octanol–water partition coefficient (Wildman–Crippen LogP) is 3.40. The highest BCUT2D eigenvalue weighted by Gasteiger charge is 2.15. The minimum absolute atomic E-state index is 0.0232. The number of rotatable bonds is 6. The molecule has 0 radical (unpaired) electrons. The molecule has 0 atom stereocenters. The minimum Gasteiger partial charge on any atom is -0.464 e. The second-order valence-corrected chi connectivity index (χ2v) is 5.52. The number of halogens is 1. The molecule has 1 amide bonds. The first-order valence-electron chi connectivity index (χ1n) is 6.96. The minimum atomic E-state index is -0.0232. The van der Waals surface area contributed by atoms with Gasteiger partial charge in [-0.2, -0.15) is 0 Å². The van der Waals surface area contributed by atoms with Crippen molar-refractivity contribution in [1.29, 1.82) is 0 Å². The van der Waals surface area contributed by atoms with Crippen LogP contribution >= 0.6 is 11.6 Å². The average Bonchev–Trinajstić information content (AvgIpc) is 2.84. The summed E-state index contributed by atoms with van der Waals surface area (Å²) in [6.07, 6.45) is 2.74. The fraction of sp³-hybridized carbons (Fsp3) is 0.438. The van der Waals surface area contributed by atoms with Crippen LogP contribution in [-0.2, 0) is 16.0 Å². The number of furan rings is 1. The Labute approximate surface area is 129 Å². The van der Waals surface area contributed by atoms with Crippen LogP contribution in [0, 0.1) is 13.8 Å². The molecule has 114 valence electrons. The first kappa shape index (κ1) is 15.9. The lowest BCUT2D eigenvalue weighted by molar-refractivity contribution is -0.120. The molecule has 0 saturated heterocycles. The quantitative estimate of drug-likeness (QED) is 0.832. The van der Waals surface area contributed by atoms with Crippen LogP contribution in [0.1, 0.15) is 23.1 Å². The monoisotopic (exact) mass is 309 g/mol. The van der Waals surface area contributed by atoms with Crippen molar-refractivity contribution in [3.8, 4) is 0 Å². The third-order valence-electron chi connectivity index (χ3n) is 3.49. The lowest BCUT2D eigenvalue weighted by Crippen LogP contribution is -2.26. The number of hydrogen-bond acceptors (Lipinski definition) is 3. The van der Waals surface area contributed by atoms with Crippen LogP contribution in [-0.4, -0.2) is 26.2 Å². The summed E-state index contributed by atoms with van der Waals surface area (Å²) in [6.45, 7) is 5.15. The van der Waals surface area contributed by atoms with Gasteiger partial charge in [0.2, 0.25) is 5.91 Å². The zero-order valence-corrected chi connectivity index (χ0v) is 13.3. The van der Waals surface area contributed by atoms with Crippen LogP contribution in [0.5, 0.6) is 0 Å². The van der Waals surface area contributed by atoms with Gasteiger partial charge < -0.3 is 14.5 Å². The van der Waals surface area contributed by atoms with Gasteiger partial charge in [-0.15, -0.1) is 0 Å². The Morgan fingerprint density at radius 2 is 2.19 bits per heavy atom. The Morgan fingerprint density at radius 1 is 1.43 bits per heavy atom. The van der Waals surface area contributed by atoms with E-state index in [4.69, 9.17) is 20.8 Å². The van der Waals surface area contributed by atoms with E-state index in [1.54, 1.807) is 13.4 Å². The molecule has 0 aliphatic carbocycles. The molecule has 1 aromatic carbocycles. The molecule has 1 heterocycles. The Kier molecular flexibility index (Phi) is 5.26. The van der Waals surface area contributed by atoms with E-state index in [1.807, 2.05) is 19.9 Å². The van der Waals surface area contributed by atoms with E-state index >= 15 is 0 Å². The molecular weight excluding hydrogens is 290 g/mol. The van der Waals surface area contributed by atoms with Crippen molar-refractivity contribution in [1.82, 2.24) is 5.32 Å². The number of carbonyl (C=O) groups is 1. The highest BCUT2D eigenvalue weighted by molar-refractivity contribution is 6.33. The molecule has 0 spiro atoms. The van der Waals surface area contributed by atoms with Gasteiger partial charge >= 0.3 is 0 Å². The number of fused-ring (bicyclic) bond motifs is 1. The summed E-state index contributed by atoms with van der Waals surface area (Å²) in [4.78, 5) is 12.0. The van der Waals surface area contributed by atoms with Gasteiger partial charge in [-0.1, -0.05) is 11.6 Å². The fourth-order valence-electron chi connectivity index (χ4n) is 2.42. The van der Waals surface area contributed by atoms with Gasteiger partial charge in [0.25, 0.3) is 0 Å². The summed E-state index contributed by atoms with van der Waals surface area (Å²) in [5.74, 6) is -0.0232. The molecular formula is C16H20ClNO3. The SMILES string of the molecule is COCCCNC(=O)Cc1coc2cc(C)c(Cl)c(C)c12. The van der Waals surface area contributed by atoms with Gasteiger partial charge in [0.05, 0.1) is 12.7 Å². The van der Waals surface area contributed by atoms with Crippen molar-refractivity contribution in [2.75, 3.05) is 20.3 Å². The number of nitrogens with one attached hydrogen (secondary N) is 1. The van der Waals surface area contributed by atoms with Crippen molar-refractivity contribution in [2.24, 2.45) is 0 Å². The average molecular weight is 310 g/mol. The number of aryl methyl sites for hydroxylation is 2. The second kappa shape index (κ2) is 6.96.